The van der Waals surface area contributed by atoms with Gasteiger partial charge in [0.15, 0.2) is 6.79 Å². The Bertz CT molecular complexity index is 317. The topological polar surface area (TPSA) is 46.5 Å². The van der Waals surface area contributed by atoms with Gasteiger partial charge in [0.05, 0.1) is 5.41 Å². The first-order valence-corrected chi connectivity index (χ1v) is 4.88. The fourth-order valence-electron chi connectivity index (χ4n) is 1.43. The SMILES string of the molecule is CC(C)(Cc1ccccc1)C(=O)OCO. The van der Waals surface area contributed by atoms with Crippen molar-refractivity contribution in [1.82, 2.24) is 0 Å². The van der Waals surface area contributed by atoms with Crippen molar-refractivity contribution in [1.29, 1.82) is 0 Å². The summed E-state index contributed by atoms with van der Waals surface area (Å²) in [4.78, 5) is 11.5. The second-order valence-electron chi connectivity index (χ2n) is 4.11. The molecule has 0 saturated heterocycles. The van der Waals surface area contributed by atoms with Crippen molar-refractivity contribution in [3.8, 4) is 0 Å². The van der Waals surface area contributed by atoms with E-state index in [0.29, 0.717) is 6.42 Å². The molecule has 3 nitrogen and oxygen atoms in total. The molecule has 82 valence electrons. The van der Waals surface area contributed by atoms with Crippen LogP contribution < -0.4 is 0 Å². The molecule has 3 heteroatoms. The minimum absolute atomic E-state index is 0.381. The molecule has 0 aliphatic carbocycles. The summed E-state index contributed by atoms with van der Waals surface area (Å²) in [6.07, 6.45) is 0.604. The number of aliphatic hydroxyl groups excluding tert-OH is 1. The summed E-state index contributed by atoms with van der Waals surface area (Å²) in [7, 11) is 0. The molecule has 1 rings (SSSR count). The molecule has 0 saturated carbocycles. The minimum atomic E-state index is -0.607. The van der Waals surface area contributed by atoms with E-state index in [0.717, 1.165) is 5.56 Å². The summed E-state index contributed by atoms with van der Waals surface area (Å²) in [5, 5.41) is 8.52. The summed E-state index contributed by atoms with van der Waals surface area (Å²) in [6.45, 7) is 3.05. The highest BCUT2D eigenvalue weighted by Gasteiger charge is 2.29. The number of benzene rings is 1. The van der Waals surface area contributed by atoms with Crippen LogP contribution in [-0.2, 0) is 16.0 Å². The van der Waals surface area contributed by atoms with E-state index in [1.807, 2.05) is 30.3 Å². The summed E-state index contributed by atoms with van der Waals surface area (Å²) in [5.41, 5.74) is 0.474. The summed E-state index contributed by atoms with van der Waals surface area (Å²) in [6, 6.07) is 9.73. The highest BCUT2D eigenvalue weighted by atomic mass is 16.6. The molecule has 0 aliphatic rings. The average molecular weight is 208 g/mol. The van der Waals surface area contributed by atoms with Crippen molar-refractivity contribution in [2.45, 2.75) is 20.3 Å². The maximum atomic E-state index is 11.5. The van der Waals surface area contributed by atoms with Crippen LogP contribution in [0.25, 0.3) is 0 Å². The van der Waals surface area contributed by atoms with Gasteiger partial charge in [-0.05, 0) is 25.8 Å². The van der Waals surface area contributed by atoms with E-state index in [1.165, 1.54) is 0 Å². The lowest BCUT2D eigenvalue weighted by Gasteiger charge is -2.21. The Hall–Kier alpha value is -1.35. The summed E-state index contributed by atoms with van der Waals surface area (Å²) < 4.78 is 4.60. The zero-order chi connectivity index (χ0) is 11.3. The molecule has 0 amide bonds. The summed E-state index contributed by atoms with van der Waals surface area (Å²) in [5.74, 6) is -0.381. The van der Waals surface area contributed by atoms with Gasteiger partial charge in [0, 0.05) is 0 Å². The van der Waals surface area contributed by atoms with Crippen molar-refractivity contribution in [2.75, 3.05) is 6.79 Å². The van der Waals surface area contributed by atoms with Crippen molar-refractivity contribution in [3.63, 3.8) is 0 Å². The predicted molar refractivity (Wildman–Crippen MR) is 57.1 cm³/mol. The maximum absolute atomic E-state index is 11.5. The van der Waals surface area contributed by atoms with E-state index in [-0.39, 0.29) is 5.97 Å². The van der Waals surface area contributed by atoms with E-state index in [1.54, 1.807) is 13.8 Å². The highest BCUT2D eigenvalue weighted by Crippen LogP contribution is 2.23. The van der Waals surface area contributed by atoms with E-state index >= 15 is 0 Å². The molecule has 0 heterocycles. The van der Waals surface area contributed by atoms with Gasteiger partial charge in [0.1, 0.15) is 0 Å². The Kier molecular flexibility index (Phi) is 3.86. The van der Waals surface area contributed by atoms with Gasteiger partial charge in [-0.2, -0.15) is 0 Å². The molecule has 0 radical (unpaired) electrons. The van der Waals surface area contributed by atoms with Gasteiger partial charge in [-0.1, -0.05) is 30.3 Å². The molecule has 0 aliphatic heterocycles. The third-order valence-corrected chi connectivity index (χ3v) is 2.24. The fourth-order valence-corrected chi connectivity index (χ4v) is 1.43. The molecule has 0 fully saturated rings. The number of hydrogen-bond donors (Lipinski definition) is 1. The molecule has 1 aromatic carbocycles. The third-order valence-electron chi connectivity index (χ3n) is 2.24. The van der Waals surface area contributed by atoms with Crippen molar-refractivity contribution in [3.05, 3.63) is 35.9 Å². The molecule has 0 bridgehead atoms. The molecule has 1 aromatic rings. The van der Waals surface area contributed by atoms with E-state index in [2.05, 4.69) is 4.74 Å². The lowest BCUT2D eigenvalue weighted by molar-refractivity contribution is -0.162. The highest BCUT2D eigenvalue weighted by molar-refractivity contribution is 5.76. The van der Waals surface area contributed by atoms with Crippen LogP contribution in [0.2, 0.25) is 0 Å². The number of ether oxygens (including phenoxy) is 1. The Morgan fingerprint density at radius 3 is 2.47 bits per heavy atom. The minimum Gasteiger partial charge on any atom is -0.438 e. The molecule has 0 aromatic heterocycles. The zero-order valence-corrected chi connectivity index (χ0v) is 9.06. The van der Waals surface area contributed by atoms with Gasteiger partial charge in [-0.15, -0.1) is 0 Å². The van der Waals surface area contributed by atoms with Crippen LogP contribution in [0.1, 0.15) is 19.4 Å². The molecule has 0 unspecified atom stereocenters. The van der Waals surface area contributed by atoms with Crippen molar-refractivity contribution >= 4 is 5.97 Å². The Morgan fingerprint density at radius 1 is 1.33 bits per heavy atom. The van der Waals surface area contributed by atoms with Crippen LogP contribution in [-0.4, -0.2) is 17.9 Å². The molecule has 0 atom stereocenters. The number of aliphatic hydroxyl groups is 1. The van der Waals surface area contributed by atoms with Crippen LogP contribution in [0, 0.1) is 5.41 Å². The molecule has 0 spiro atoms. The number of rotatable bonds is 4. The second kappa shape index (κ2) is 4.94. The first-order chi connectivity index (χ1) is 7.06. The third kappa shape index (κ3) is 3.36. The number of carbonyl (C=O) groups is 1. The molecule has 15 heavy (non-hydrogen) atoms. The first kappa shape index (κ1) is 11.7. The van der Waals surface area contributed by atoms with Crippen LogP contribution >= 0.6 is 0 Å². The molecular formula is C12H16O3. The standard InChI is InChI=1S/C12H16O3/c1-12(2,11(14)15-9-13)8-10-6-4-3-5-7-10/h3-7,13H,8-9H2,1-2H3. The normalized spacial score (nSPS) is 11.1. The van der Waals surface area contributed by atoms with Crippen LogP contribution in [0.15, 0.2) is 30.3 Å². The van der Waals surface area contributed by atoms with Gasteiger partial charge < -0.3 is 9.84 Å². The van der Waals surface area contributed by atoms with Gasteiger partial charge in [-0.3, -0.25) is 4.79 Å². The molecule has 1 N–H and O–H groups in total. The first-order valence-electron chi connectivity index (χ1n) is 4.88. The number of esters is 1. The van der Waals surface area contributed by atoms with Crippen molar-refractivity contribution < 1.29 is 14.6 Å². The zero-order valence-electron chi connectivity index (χ0n) is 9.06. The Morgan fingerprint density at radius 2 is 1.93 bits per heavy atom. The lowest BCUT2D eigenvalue weighted by Crippen LogP contribution is -2.29. The van der Waals surface area contributed by atoms with Gasteiger partial charge in [0.25, 0.3) is 0 Å². The Labute approximate surface area is 89.7 Å². The van der Waals surface area contributed by atoms with Gasteiger partial charge >= 0.3 is 5.97 Å². The quantitative estimate of drug-likeness (QED) is 0.605. The van der Waals surface area contributed by atoms with E-state index in [9.17, 15) is 4.79 Å². The largest absolute Gasteiger partial charge is 0.438 e. The Balaban J connectivity index is 2.68. The smallest absolute Gasteiger partial charge is 0.313 e. The van der Waals surface area contributed by atoms with Crippen LogP contribution in [0.5, 0.6) is 0 Å². The van der Waals surface area contributed by atoms with E-state index in [4.69, 9.17) is 5.11 Å². The van der Waals surface area contributed by atoms with Crippen LogP contribution in [0.4, 0.5) is 0 Å². The number of hydrogen-bond acceptors (Lipinski definition) is 3. The van der Waals surface area contributed by atoms with Crippen LogP contribution in [0.3, 0.4) is 0 Å². The van der Waals surface area contributed by atoms with Gasteiger partial charge in [0.2, 0.25) is 0 Å². The van der Waals surface area contributed by atoms with E-state index < -0.39 is 12.2 Å². The molecular weight excluding hydrogens is 192 g/mol. The van der Waals surface area contributed by atoms with Gasteiger partial charge in [-0.25, -0.2) is 0 Å². The maximum Gasteiger partial charge on any atom is 0.313 e. The predicted octanol–water partition coefficient (Wildman–Crippen LogP) is 1.75. The fraction of sp³-hybridized carbons (Fsp3) is 0.417. The average Bonchev–Trinajstić information content (AvgIpc) is 2.19. The number of carbonyl (C=O) groups excluding carboxylic acids is 1. The van der Waals surface area contributed by atoms with Crippen molar-refractivity contribution in [2.24, 2.45) is 5.41 Å². The lowest BCUT2D eigenvalue weighted by atomic mass is 9.86. The monoisotopic (exact) mass is 208 g/mol. The second-order valence-corrected chi connectivity index (χ2v) is 4.11. The summed E-state index contributed by atoms with van der Waals surface area (Å²) >= 11 is 0.